The normalized spacial score (nSPS) is 12.3. The van der Waals surface area contributed by atoms with Gasteiger partial charge in [-0.2, -0.15) is 0 Å². The lowest BCUT2D eigenvalue weighted by molar-refractivity contribution is 0.529. The van der Waals surface area contributed by atoms with Crippen LogP contribution in [0.1, 0.15) is 30.5 Å². The third-order valence-electron chi connectivity index (χ3n) is 3.44. The molecular weight excluding hydrogens is 278 g/mol. The summed E-state index contributed by atoms with van der Waals surface area (Å²) >= 11 is 1.77. The number of aromatic nitrogens is 1. The second kappa shape index (κ2) is 8.05. The number of hydrogen-bond donors (Lipinski definition) is 2. The summed E-state index contributed by atoms with van der Waals surface area (Å²) in [6.07, 6.45) is 5.92. The highest BCUT2D eigenvalue weighted by Gasteiger charge is 2.12. The molecule has 0 aliphatic carbocycles. The predicted molar refractivity (Wildman–Crippen MR) is 91.6 cm³/mol. The lowest BCUT2D eigenvalue weighted by Gasteiger charge is -2.19. The van der Waals surface area contributed by atoms with Gasteiger partial charge in [-0.15, -0.1) is 11.8 Å². The zero-order chi connectivity index (χ0) is 15.1. The highest BCUT2D eigenvalue weighted by Crippen LogP contribution is 2.22. The van der Waals surface area contributed by atoms with Crippen molar-refractivity contribution in [2.45, 2.75) is 30.7 Å². The van der Waals surface area contributed by atoms with Gasteiger partial charge < -0.3 is 11.1 Å². The number of anilines is 1. The summed E-state index contributed by atoms with van der Waals surface area (Å²) in [5, 5.41) is 3.62. The van der Waals surface area contributed by atoms with Gasteiger partial charge in [0, 0.05) is 17.1 Å². The van der Waals surface area contributed by atoms with Crippen molar-refractivity contribution in [3.8, 4) is 0 Å². The molecule has 0 aliphatic rings. The molecule has 0 aliphatic heterocycles. The standard InChI is InChI=1S/C17H23N3S/c1-3-9-19-16(11-13-8-10-20-17(18)12-13)14-4-6-15(21-2)7-5-14/h4-8,10,12,16,19H,3,9,11H2,1-2H3,(H2,18,20). The van der Waals surface area contributed by atoms with E-state index in [0.29, 0.717) is 11.9 Å². The number of benzene rings is 1. The first-order valence-electron chi connectivity index (χ1n) is 7.30. The molecule has 1 unspecified atom stereocenters. The van der Waals surface area contributed by atoms with Gasteiger partial charge in [-0.25, -0.2) is 4.98 Å². The molecule has 1 atom stereocenters. The van der Waals surface area contributed by atoms with Gasteiger partial charge >= 0.3 is 0 Å². The first-order valence-corrected chi connectivity index (χ1v) is 8.53. The summed E-state index contributed by atoms with van der Waals surface area (Å²) in [4.78, 5) is 5.35. The molecule has 21 heavy (non-hydrogen) atoms. The molecule has 2 aromatic rings. The Balaban J connectivity index is 2.16. The number of hydrogen-bond acceptors (Lipinski definition) is 4. The van der Waals surface area contributed by atoms with Crippen molar-refractivity contribution in [2.24, 2.45) is 0 Å². The van der Waals surface area contributed by atoms with Crippen molar-refractivity contribution in [3.63, 3.8) is 0 Å². The molecule has 0 fully saturated rings. The Kier molecular flexibility index (Phi) is 6.08. The van der Waals surface area contributed by atoms with Crippen LogP contribution in [0.2, 0.25) is 0 Å². The largest absolute Gasteiger partial charge is 0.384 e. The zero-order valence-electron chi connectivity index (χ0n) is 12.7. The van der Waals surface area contributed by atoms with Gasteiger partial charge in [0.1, 0.15) is 5.82 Å². The molecule has 4 heteroatoms. The second-order valence-corrected chi connectivity index (χ2v) is 5.95. The summed E-state index contributed by atoms with van der Waals surface area (Å²) < 4.78 is 0. The molecule has 1 aromatic heterocycles. The van der Waals surface area contributed by atoms with Gasteiger partial charge in [-0.1, -0.05) is 19.1 Å². The molecular formula is C17H23N3S. The summed E-state index contributed by atoms with van der Waals surface area (Å²) in [5.74, 6) is 0.583. The van der Waals surface area contributed by atoms with E-state index in [9.17, 15) is 0 Å². The van der Waals surface area contributed by atoms with E-state index >= 15 is 0 Å². The average Bonchev–Trinajstić information content (AvgIpc) is 2.51. The van der Waals surface area contributed by atoms with Crippen molar-refractivity contribution in [1.29, 1.82) is 0 Å². The fourth-order valence-electron chi connectivity index (χ4n) is 2.32. The van der Waals surface area contributed by atoms with E-state index in [1.54, 1.807) is 18.0 Å². The van der Waals surface area contributed by atoms with Crippen LogP contribution in [0.3, 0.4) is 0 Å². The van der Waals surface area contributed by atoms with Crippen LogP contribution in [0.15, 0.2) is 47.5 Å². The summed E-state index contributed by atoms with van der Waals surface area (Å²) in [6.45, 7) is 3.20. The minimum absolute atomic E-state index is 0.308. The number of nitrogens with zero attached hydrogens (tertiary/aromatic N) is 1. The number of pyridine rings is 1. The molecule has 0 spiro atoms. The number of nitrogen functional groups attached to an aromatic ring is 1. The molecule has 3 nitrogen and oxygen atoms in total. The third-order valence-corrected chi connectivity index (χ3v) is 4.19. The van der Waals surface area contributed by atoms with Crippen LogP contribution in [0.5, 0.6) is 0 Å². The Labute approximate surface area is 131 Å². The molecule has 2 rings (SSSR count). The molecule has 0 bridgehead atoms. The lowest BCUT2D eigenvalue weighted by atomic mass is 9.99. The van der Waals surface area contributed by atoms with Gasteiger partial charge in [0.05, 0.1) is 0 Å². The minimum atomic E-state index is 0.308. The summed E-state index contributed by atoms with van der Waals surface area (Å²) in [6, 6.07) is 13.1. The molecule has 0 saturated carbocycles. The monoisotopic (exact) mass is 301 g/mol. The fourth-order valence-corrected chi connectivity index (χ4v) is 2.73. The van der Waals surface area contributed by atoms with Crippen molar-refractivity contribution >= 4 is 17.6 Å². The van der Waals surface area contributed by atoms with Crippen LogP contribution in [-0.4, -0.2) is 17.8 Å². The molecule has 1 aromatic carbocycles. The van der Waals surface area contributed by atoms with E-state index in [1.165, 1.54) is 16.0 Å². The van der Waals surface area contributed by atoms with Gasteiger partial charge in [-0.05, 0) is 61.0 Å². The fraction of sp³-hybridized carbons (Fsp3) is 0.353. The molecule has 0 amide bonds. The van der Waals surface area contributed by atoms with Crippen LogP contribution in [-0.2, 0) is 6.42 Å². The minimum Gasteiger partial charge on any atom is -0.384 e. The highest BCUT2D eigenvalue weighted by atomic mass is 32.2. The zero-order valence-corrected chi connectivity index (χ0v) is 13.5. The van der Waals surface area contributed by atoms with Crippen molar-refractivity contribution in [3.05, 3.63) is 53.7 Å². The van der Waals surface area contributed by atoms with Crippen molar-refractivity contribution < 1.29 is 0 Å². The van der Waals surface area contributed by atoms with Crippen LogP contribution < -0.4 is 11.1 Å². The van der Waals surface area contributed by atoms with E-state index in [4.69, 9.17) is 5.73 Å². The first-order chi connectivity index (χ1) is 10.2. The average molecular weight is 301 g/mol. The number of thioether (sulfide) groups is 1. The van der Waals surface area contributed by atoms with E-state index < -0.39 is 0 Å². The maximum absolute atomic E-state index is 5.78. The highest BCUT2D eigenvalue weighted by molar-refractivity contribution is 7.98. The Morgan fingerprint density at radius 3 is 2.62 bits per heavy atom. The third kappa shape index (κ3) is 4.76. The van der Waals surface area contributed by atoms with Crippen molar-refractivity contribution in [1.82, 2.24) is 10.3 Å². The number of nitrogens with one attached hydrogen (secondary N) is 1. The molecule has 3 N–H and O–H groups in total. The van der Waals surface area contributed by atoms with Crippen LogP contribution in [0.25, 0.3) is 0 Å². The van der Waals surface area contributed by atoms with E-state index in [1.807, 2.05) is 12.1 Å². The molecule has 112 valence electrons. The summed E-state index contributed by atoms with van der Waals surface area (Å²) in [5.41, 5.74) is 8.31. The molecule has 1 heterocycles. The van der Waals surface area contributed by atoms with Crippen LogP contribution in [0, 0.1) is 0 Å². The van der Waals surface area contributed by atoms with E-state index in [2.05, 4.69) is 47.7 Å². The van der Waals surface area contributed by atoms with Crippen LogP contribution >= 0.6 is 11.8 Å². The number of rotatable bonds is 7. The Morgan fingerprint density at radius 2 is 2.00 bits per heavy atom. The van der Waals surface area contributed by atoms with Gasteiger partial charge in [0.25, 0.3) is 0 Å². The Hall–Kier alpha value is -1.52. The van der Waals surface area contributed by atoms with Gasteiger partial charge in [0.15, 0.2) is 0 Å². The Bertz CT molecular complexity index is 554. The van der Waals surface area contributed by atoms with Crippen molar-refractivity contribution in [2.75, 3.05) is 18.5 Å². The maximum atomic E-state index is 5.78. The summed E-state index contributed by atoms with van der Waals surface area (Å²) in [7, 11) is 0. The van der Waals surface area contributed by atoms with Gasteiger partial charge in [0.2, 0.25) is 0 Å². The topological polar surface area (TPSA) is 50.9 Å². The number of nitrogens with two attached hydrogens (primary N) is 1. The Morgan fingerprint density at radius 1 is 1.24 bits per heavy atom. The smallest absolute Gasteiger partial charge is 0.123 e. The van der Waals surface area contributed by atoms with E-state index in [-0.39, 0.29) is 0 Å². The quantitative estimate of drug-likeness (QED) is 0.766. The lowest BCUT2D eigenvalue weighted by Crippen LogP contribution is -2.24. The van der Waals surface area contributed by atoms with Gasteiger partial charge in [-0.3, -0.25) is 0 Å². The first kappa shape index (κ1) is 15.9. The molecule has 0 saturated heterocycles. The SMILES string of the molecule is CCCNC(Cc1ccnc(N)c1)c1ccc(SC)cc1. The second-order valence-electron chi connectivity index (χ2n) is 5.07. The van der Waals surface area contributed by atoms with Crippen LogP contribution in [0.4, 0.5) is 5.82 Å². The molecule has 0 radical (unpaired) electrons. The maximum Gasteiger partial charge on any atom is 0.123 e. The van der Waals surface area contributed by atoms with E-state index in [0.717, 1.165) is 19.4 Å². The predicted octanol–water partition coefficient (Wildman–Crippen LogP) is 3.67.